The van der Waals surface area contributed by atoms with E-state index in [1.165, 1.54) is 17.7 Å². The van der Waals surface area contributed by atoms with Crippen molar-refractivity contribution in [3.8, 4) is 5.75 Å². The van der Waals surface area contributed by atoms with Gasteiger partial charge in [-0.2, -0.15) is 0 Å². The third-order valence-corrected chi connectivity index (χ3v) is 3.45. The summed E-state index contributed by atoms with van der Waals surface area (Å²) in [6.45, 7) is 0.920. The summed E-state index contributed by atoms with van der Waals surface area (Å²) in [5.41, 5.74) is 2.39. The summed E-state index contributed by atoms with van der Waals surface area (Å²) in [4.78, 5) is 0. The lowest BCUT2D eigenvalue weighted by molar-refractivity contribution is 0.298. The molecule has 0 bridgehead atoms. The minimum absolute atomic E-state index is 0.0156. The van der Waals surface area contributed by atoms with Gasteiger partial charge in [0.2, 0.25) is 0 Å². The number of halogens is 2. The van der Waals surface area contributed by atoms with Gasteiger partial charge in [-0.25, -0.2) is 8.78 Å². The highest BCUT2D eigenvalue weighted by Crippen LogP contribution is 2.32. The Hall–Kier alpha value is -2.10. The van der Waals surface area contributed by atoms with E-state index < -0.39 is 11.6 Å². The maximum Gasteiger partial charge on any atom is 0.165 e. The fourth-order valence-corrected chi connectivity index (χ4v) is 2.41. The van der Waals surface area contributed by atoms with Crippen LogP contribution < -0.4 is 10.1 Å². The van der Waals surface area contributed by atoms with Gasteiger partial charge in [0.05, 0.1) is 5.69 Å². The molecule has 0 unspecified atom stereocenters. The molecule has 1 N–H and O–H groups in total. The molecule has 4 heteroatoms. The second-order valence-corrected chi connectivity index (χ2v) is 4.82. The Morgan fingerprint density at radius 2 is 1.95 bits per heavy atom. The van der Waals surface area contributed by atoms with Gasteiger partial charge in [-0.15, -0.1) is 0 Å². The lowest BCUT2D eigenvalue weighted by atomic mass is 10.0. The smallest absolute Gasteiger partial charge is 0.165 e. The highest BCUT2D eigenvalue weighted by atomic mass is 19.2. The largest absolute Gasteiger partial charge is 0.487 e. The summed E-state index contributed by atoms with van der Waals surface area (Å²) in [5.74, 6) is -1.00. The number of hydrogen-bond acceptors (Lipinski definition) is 2. The maximum absolute atomic E-state index is 13.6. The van der Waals surface area contributed by atoms with Crippen molar-refractivity contribution in [2.45, 2.75) is 19.4 Å². The van der Waals surface area contributed by atoms with Gasteiger partial charge in [-0.3, -0.25) is 0 Å². The van der Waals surface area contributed by atoms with Crippen molar-refractivity contribution in [2.24, 2.45) is 0 Å². The van der Waals surface area contributed by atoms with Crippen molar-refractivity contribution in [1.29, 1.82) is 0 Å². The van der Waals surface area contributed by atoms with Crippen molar-refractivity contribution in [3.63, 3.8) is 0 Å². The summed E-state index contributed by atoms with van der Waals surface area (Å²) in [6, 6.07) is 9.93. The van der Waals surface area contributed by atoms with Crippen LogP contribution in [0.25, 0.3) is 0 Å². The van der Waals surface area contributed by atoms with Crippen molar-refractivity contribution in [1.82, 2.24) is 0 Å². The Kier molecular flexibility index (Phi) is 3.54. The van der Waals surface area contributed by atoms with Gasteiger partial charge in [0.25, 0.3) is 0 Å². The molecule has 1 aliphatic heterocycles. The third-order valence-electron chi connectivity index (χ3n) is 3.45. The van der Waals surface area contributed by atoms with E-state index in [1.54, 1.807) is 0 Å². The van der Waals surface area contributed by atoms with Gasteiger partial charge in [0, 0.05) is 12.1 Å². The van der Waals surface area contributed by atoms with Crippen LogP contribution in [0.3, 0.4) is 0 Å². The molecular formula is C16H15F2NO. The van der Waals surface area contributed by atoms with Gasteiger partial charge in [-0.05, 0) is 30.5 Å². The maximum atomic E-state index is 13.6. The van der Waals surface area contributed by atoms with Gasteiger partial charge < -0.3 is 10.1 Å². The van der Waals surface area contributed by atoms with E-state index in [9.17, 15) is 8.78 Å². The Labute approximate surface area is 116 Å². The average molecular weight is 275 g/mol. The minimum atomic E-state index is -0.848. The Morgan fingerprint density at radius 3 is 2.85 bits per heavy atom. The molecule has 0 atom stereocenters. The fraction of sp³-hybridized carbons (Fsp3) is 0.250. The molecule has 3 rings (SSSR count). The summed E-state index contributed by atoms with van der Waals surface area (Å²) in [7, 11) is 0. The highest BCUT2D eigenvalue weighted by Gasteiger charge is 2.14. The number of para-hydroxylation sites is 1. The zero-order valence-corrected chi connectivity index (χ0v) is 11.0. The Bertz CT molecular complexity index is 628. The number of benzene rings is 2. The van der Waals surface area contributed by atoms with E-state index in [-0.39, 0.29) is 12.2 Å². The van der Waals surface area contributed by atoms with Crippen LogP contribution in [0.1, 0.15) is 17.5 Å². The number of nitrogens with one attached hydrogen (secondary N) is 1. The zero-order valence-electron chi connectivity index (χ0n) is 11.0. The van der Waals surface area contributed by atoms with E-state index in [2.05, 4.69) is 11.4 Å². The van der Waals surface area contributed by atoms with Crippen LogP contribution in [0.4, 0.5) is 14.5 Å². The monoisotopic (exact) mass is 275 g/mol. The highest BCUT2D eigenvalue weighted by molar-refractivity contribution is 5.63. The first-order chi connectivity index (χ1) is 9.75. The molecule has 0 spiro atoms. The number of anilines is 1. The normalized spacial score (nSPS) is 13.5. The summed E-state index contributed by atoms with van der Waals surface area (Å²) in [5, 5.41) is 3.30. The second-order valence-electron chi connectivity index (χ2n) is 4.82. The standard InChI is InChI=1S/C16H15F2NO/c17-13-7-1-5-12(15(13)18)10-20-14-8-2-4-11-6-3-9-19-16(11)14/h1-2,4-5,7-8,19H,3,6,9-10H2. The van der Waals surface area contributed by atoms with Crippen molar-refractivity contribution in [3.05, 3.63) is 59.2 Å². The first kappa shape index (κ1) is 12.9. The van der Waals surface area contributed by atoms with Crippen LogP contribution in [-0.4, -0.2) is 6.54 Å². The molecule has 2 aromatic carbocycles. The topological polar surface area (TPSA) is 21.3 Å². The molecule has 20 heavy (non-hydrogen) atoms. The molecule has 0 aromatic heterocycles. The molecular weight excluding hydrogens is 260 g/mol. The van der Waals surface area contributed by atoms with E-state index in [4.69, 9.17) is 4.74 Å². The molecule has 0 radical (unpaired) electrons. The molecule has 0 saturated heterocycles. The van der Waals surface area contributed by atoms with Crippen LogP contribution in [0.15, 0.2) is 36.4 Å². The average Bonchev–Trinajstić information content (AvgIpc) is 2.49. The molecule has 0 aliphatic carbocycles. The summed E-state index contributed by atoms with van der Waals surface area (Å²) < 4.78 is 32.4. The lowest BCUT2D eigenvalue weighted by Gasteiger charge is -2.21. The van der Waals surface area contributed by atoms with E-state index in [0.717, 1.165) is 31.1 Å². The molecule has 0 fully saturated rings. The minimum Gasteiger partial charge on any atom is -0.487 e. The molecule has 1 heterocycles. The summed E-state index contributed by atoms with van der Waals surface area (Å²) >= 11 is 0. The quantitative estimate of drug-likeness (QED) is 0.917. The van der Waals surface area contributed by atoms with Crippen LogP contribution in [0, 0.1) is 11.6 Å². The van der Waals surface area contributed by atoms with Crippen LogP contribution in [-0.2, 0) is 13.0 Å². The molecule has 104 valence electrons. The third kappa shape index (κ3) is 2.46. The summed E-state index contributed by atoms with van der Waals surface area (Å²) in [6.07, 6.45) is 2.10. The molecule has 1 aliphatic rings. The van der Waals surface area contributed by atoms with Gasteiger partial charge >= 0.3 is 0 Å². The van der Waals surface area contributed by atoms with E-state index in [0.29, 0.717) is 5.75 Å². The number of fused-ring (bicyclic) bond motifs is 1. The van der Waals surface area contributed by atoms with Crippen molar-refractivity contribution >= 4 is 5.69 Å². The van der Waals surface area contributed by atoms with Gasteiger partial charge in [0.1, 0.15) is 12.4 Å². The van der Waals surface area contributed by atoms with Crippen LogP contribution in [0.2, 0.25) is 0 Å². The Balaban J connectivity index is 1.80. The zero-order chi connectivity index (χ0) is 13.9. The van der Waals surface area contributed by atoms with Crippen molar-refractivity contribution in [2.75, 3.05) is 11.9 Å². The van der Waals surface area contributed by atoms with Gasteiger partial charge in [0.15, 0.2) is 11.6 Å². The van der Waals surface area contributed by atoms with E-state index in [1.807, 2.05) is 12.1 Å². The molecule has 2 nitrogen and oxygen atoms in total. The number of rotatable bonds is 3. The van der Waals surface area contributed by atoms with E-state index >= 15 is 0 Å². The predicted molar refractivity (Wildman–Crippen MR) is 73.9 cm³/mol. The SMILES string of the molecule is Fc1cccc(COc2cccc3c2NCCC3)c1F. The molecule has 2 aromatic rings. The number of hydrogen-bond donors (Lipinski definition) is 1. The fourth-order valence-electron chi connectivity index (χ4n) is 2.41. The van der Waals surface area contributed by atoms with Crippen molar-refractivity contribution < 1.29 is 13.5 Å². The first-order valence-corrected chi connectivity index (χ1v) is 6.67. The van der Waals surface area contributed by atoms with Gasteiger partial charge in [-0.1, -0.05) is 24.3 Å². The number of aryl methyl sites for hydroxylation is 1. The van der Waals surface area contributed by atoms with Crippen LogP contribution in [0.5, 0.6) is 5.75 Å². The number of ether oxygens (including phenoxy) is 1. The Morgan fingerprint density at radius 1 is 1.10 bits per heavy atom. The molecule has 0 amide bonds. The lowest BCUT2D eigenvalue weighted by Crippen LogP contribution is -2.13. The predicted octanol–water partition coefficient (Wildman–Crippen LogP) is 3.90. The first-order valence-electron chi connectivity index (χ1n) is 6.67. The second kappa shape index (κ2) is 5.49. The molecule has 0 saturated carbocycles. The van der Waals surface area contributed by atoms with Crippen LogP contribution >= 0.6 is 0 Å².